The summed E-state index contributed by atoms with van der Waals surface area (Å²) >= 11 is 0. The SMILES string of the molecule is CC(C)Cc1ccc2nnc(CCN)n2n1. The van der Waals surface area contributed by atoms with Crippen LogP contribution in [-0.4, -0.2) is 26.4 Å². The molecule has 2 aromatic heterocycles. The van der Waals surface area contributed by atoms with Gasteiger partial charge in [0.1, 0.15) is 0 Å². The average molecular weight is 219 g/mol. The summed E-state index contributed by atoms with van der Waals surface area (Å²) in [7, 11) is 0. The van der Waals surface area contributed by atoms with Crippen LogP contribution in [0.1, 0.15) is 25.4 Å². The largest absolute Gasteiger partial charge is 0.330 e. The fraction of sp³-hybridized carbons (Fsp3) is 0.545. The van der Waals surface area contributed by atoms with Gasteiger partial charge in [0.05, 0.1) is 5.69 Å². The van der Waals surface area contributed by atoms with Crippen molar-refractivity contribution < 1.29 is 0 Å². The molecule has 5 heteroatoms. The van der Waals surface area contributed by atoms with E-state index in [2.05, 4.69) is 29.1 Å². The molecule has 0 atom stereocenters. The third kappa shape index (κ3) is 2.19. The third-order valence-corrected chi connectivity index (χ3v) is 2.37. The summed E-state index contributed by atoms with van der Waals surface area (Å²) in [5.74, 6) is 1.43. The normalized spacial score (nSPS) is 11.5. The van der Waals surface area contributed by atoms with E-state index in [1.54, 1.807) is 4.52 Å². The molecule has 5 nitrogen and oxygen atoms in total. The van der Waals surface area contributed by atoms with Crippen molar-refractivity contribution in [2.45, 2.75) is 26.7 Å². The van der Waals surface area contributed by atoms with E-state index in [0.717, 1.165) is 23.6 Å². The van der Waals surface area contributed by atoms with Gasteiger partial charge in [0.15, 0.2) is 11.5 Å². The first-order valence-electron chi connectivity index (χ1n) is 5.61. The number of fused-ring (bicyclic) bond motifs is 1. The zero-order valence-electron chi connectivity index (χ0n) is 9.72. The quantitative estimate of drug-likeness (QED) is 0.826. The molecule has 0 amide bonds. The predicted octanol–water partition coefficient (Wildman–Crippen LogP) is 0.824. The van der Waals surface area contributed by atoms with Crippen LogP contribution in [0.15, 0.2) is 12.1 Å². The van der Waals surface area contributed by atoms with Gasteiger partial charge in [-0.25, -0.2) is 0 Å². The second-order valence-corrected chi connectivity index (χ2v) is 4.35. The first kappa shape index (κ1) is 11.0. The van der Waals surface area contributed by atoms with E-state index in [1.165, 1.54) is 0 Å². The maximum atomic E-state index is 5.52. The van der Waals surface area contributed by atoms with Crippen LogP contribution in [0.2, 0.25) is 0 Å². The molecule has 2 N–H and O–H groups in total. The van der Waals surface area contributed by atoms with Crippen LogP contribution in [0.5, 0.6) is 0 Å². The van der Waals surface area contributed by atoms with Gasteiger partial charge in [-0.1, -0.05) is 13.8 Å². The van der Waals surface area contributed by atoms with E-state index in [4.69, 9.17) is 5.73 Å². The Morgan fingerprint density at radius 1 is 1.31 bits per heavy atom. The third-order valence-electron chi connectivity index (χ3n) is 2.37. The van der Waals surface area contributed by atoms with Crippen molar-refractivity contribution in [3.05, 3.63) is 23.7 Å². The van der Waals surface area contributed by atoms with E-state index >= 15 is 0 Å². The molecule has 0 aromatic carbocycles. The molecule has 0 saturated carbocycles. The van der Waals surface area contributed by atoms with Gasteiger partial charge in [0.25, 0.3) is 0 Å². The average Bonchev–Trinajstić information content (AvgIpc) is 2.61. The van der Waals surface area contributed by atoms with Crippen LogP contribution in [0.4, 0.5) is 0 Å². The van der Waals surface area contributed by atoms with Gasteiger partial charge in [-0.15, -0.1) is 10.2 Å². The molecule has 0 saturated heterocycles. The number of hydrogen-bond acceptors (Lipinski definition) is 4. The number of aromatic nitrogens is 4. The lowest BCUT2D eigenvalue weighted by molar-refractivity contribution is 0.620. The zero-order valence-corrected chi connectivity index (χ0v) is 9.72. The van der Waals surface area contributed by atoms with Crippen molar-refractivity contribution in [2.24, 2.45) is 11.7 Å². The molecular weight excluding hydrogens is 202 g/mol. The lowest BCUT2D eigenvalue weighted by atomic mass is 10.1. The van der Waals surface area contributed by atoms with Gasteiger partial charge in [-0.05, 0) is 31.0 Å². The molecule has 2 heterocycles. The van der Waals surface area contributed by atoms with Gasteiger partial charge < -0.3 is 5.73 Å². The monoisotopic (exact) mass is 219 g/mol. The predicted molar refractivity (Wildman–Crippen MR) is 62.1 cm³/mol. The Balaban J connectivity index is 2.37. The number of nitrogens with two attached hydrogens (primary N) is 1. The topological polar surface area (TPSA) is 69.1 Å². The van der Waals surface area contributed by atoms with E-state index in [9.17, 15) is 0 Å². The van der Waals surface area contributed by atoms with E-state index < -0.39 is 0 Å². The van der Waals surface area contributed by atoms with Crippen molar-refractivity contribution in [3.63, 3.8) is 0 Å². The molecule has 0 bridgehead atoms. The molecule has 0 spiro atoms. The molecule has 0 fully saturated rings. The Bertz CT molecular complexity index is 474. The Kier molecular flexibility index (Phi) is 3.14. The van der Waals surface area contributed by atoms with E-state index in [-0.39, 0.29) is 0 Å². The maximum Gasteiger partial charge on any atom is 0.177 e. The maximum absolute atomic E-state index is 5.52. The van der Waals surface area contributed by atoms with Gasteiger partial charge in [0.2, 0.25) is 0 Å². The van der Waals surface area contributed by atoms with Crippen LogP contribution < -0.4 is 5.73 Å². The molecule has 0 radical (unpaired) electrons. The molecular formula is C11H17N5. The minimum atomic E-state index is 0.566. The molecule has 0 unspecified atom stereocenters. The minimum absolute atomic E-state index is 0.566. The van der Waals surface area contributed by atoms with Crippen LogP contribution in [0.3, 0.4) is 0 Å². The molecule has 0 aliphatic heterocycles. The molecule has 16 heavy (non-hydrogen) atoms. The van der Waals surface area contributed by atoms with Crippen LogP contribution in [0.25, 0.3) is 5.65 Å². The summed E-state index contributed by atoms with van der Waals surface area (Å²) in [6.07, 6.45) is 1.68. The van der Waals surface area contributed by atoms with Crippen molar-refractivity contribution in [1.29, 1.82) is 0 Å². The summed E-state index contributed by atoms with van der Waals surface area (Å²) in [5.41, 5.74) is 7.38. The summed E-state index contributed by atoms with van der Waals surface area (Å²) < 4.78 is 1.80. The highest BCUT2D eigenvalue weighted by molar-refractivity contribution is 5.36. The van der Waals surface area contributed by atoms with Crippen molar-refractivity contribution in [2.75, 3.05) is 6.54 Å². The molecule has 0 aliphatic carbocycles. The van der Waals surface area contributed by atoms with Crippen LogP contribution in [-0.2, 0) is 12.8 Å². The summed E-state index contributed by atoms with van der Waals surface area (Å²) in [5, 5.41) is 12.7. The number of hydrogen-bond donors (Lipinski definition) is 1. The fourth-order valence-corrected chi connectivity index (χ4v) is 1.68. The number of rotatable bonds is 4. The smallest absolute Gasteiger partial charge is 0.177 e. The lowest BCUT2D eigenvalue weighted by Crippen LogP contribution is -2.09. The second-order valence-electron chi connectivity index (χ2n) is 4.35. The summed E-state index contributed by atoms with van der Waals surface area (Å²) in [4.78, 5) is 0. The summed E-state index contributed by atoms with van der Waals surface area (Å²) in [6, 6.07) is 3.97. The Morgan fingerprint density at radius 2 is 2.12 bits per heavy atom. The minimum Gasteiger partial charge on any atom is -0.330 e. The molecule has 86 valence electrons. The lowest BCUT2D eigenvalue weighted by Gasteiger charge is -2.04. The fourth-order valence-electron chi connectivity index (χ4n) is 1.68. The van der Waals surface area contributed by atoms with Gasteiger partial charge in [0, 0.05) is 6.42 Å². The number of nitrogens with zero attached hydrogens (tertiary/aromatic N) is 4. The second kappa shape index (κ2) is 4.57. The van der Waals surface area contributed by atoms with Crippen molar-refractivity contribution in [3.8, 4) is 0 Å². The highest BCUT2D eigenvalue weighted by Crippen LogP contribution is 2.08. The van der Waals surface area contributed by atoms with Gasteiger partial charge >= 0.3 is 0 Å². The highest BCUT2D eigenvalue weighted by atomic mass is 15.4. The van der Waals surface area contributed by atoms with Crippen molar-refractivity contribution >= 4 is 5.65 Å². The Labute approximate surface area is 94.7 Å². The first-order valence-corrected chi connectivity index (χ1v) is 5.61. The van der Waals surface area contributed by atoms with Crippen LogP contribution in [0, 0.1) is 5.92 Å². The molecule has 0 aliphatic rings. The highest BCUT2D eigenvalue weighted by Gasteiger charge is 2.07. The molecule has 2 rings (SSSR count). The Hall–Kier alpha value is -1.49. The zero-order chi connectivity index (χ0) is 11.5. The summed E-state index contributed by atoms with van der Waals surface area (Å²) in [6.45, 7) is 4.93. The Morgan fingerprint density at radius 3 is 2.81 bits per heavy atom. The van der Waals surface area contributed by atoms with Gasteiger partial charge in [-0.3, -0.25) is 0 Å². The molecule has 2 aromatic rings. The van der Waals surface area contributed by atoms with Crippen molar-refractivity contribution in [1.82, 2.24) is 19.8 Å². The first-order chi connectivity index (χ1) is 7.70. The van der Waals surface area contributed by atoms with E-state index in [1.807, 2.05) is 12.1 Å². The van der Waals surface area contributed by atoms with E-state index in [0.29, 0.717) is 18.9 Å². The standard InChI is InChI=1S/C11H17N5/c1-8(2)7-9-3-4-10-13-14-11(5-6-12)16(10)15-9/h3-4,8H,5-7,12H2,1-2H3. The van der Waals surface area contributed by atoms with Gasteiger partial charge in [-0.2, -0.15) is 9.61 Å². The van der Waals surface area contributed by atoms with Crippen LogP contribution >= 0.6 is 0 Å².